The Bertz CT molecular complexity index is 600. The van der Waals surface area contributed by atoms with Crippen molar-refractivity contribution in [2.45, 2.75) is 31.5 Å². The van der Waals surface area contributed by atoms with Crippen LogP contribution in [0.15, 0.2) is 18.2 Å². The van der Waals surface area contributed by atoms with Crippen LogP contribution in [0.5, 0.6) is 5.75 Å². The number of hydrogen-bond donors (Lipinski definition) is 1. The number of rotatable bonds is 6. The summed E-state index contributed by atoms with van der Waals surface area (Å²) in [5.41, 5.74) is 0.871. The molecule has 1 amide bonds. The molecule has 108 valence electrons. The second kappa shape index (κ2) is 7.04. The average molecular weight is 357 g/mol. The van der Waals surface area contributed by atoms with Crippen molar-refractivity contribution in [3.05, 3.63) is 18.2 Å². The van der Waals surface area contributed by atoms with E-state index in [0.29, 0.717) is 11.7 Å². The second-order valence-electron chi connectivity index (χ2n) is 4.33. The minimum atomic E-state index is -0.168. The molecule has 2 aromatic rings. The molecule has 0 aliphatic heterocycles. The largest absolute Gasteiger partial charge is 0.494 e. The number of fused-ring (bicyclic) bond motifs is 1. The Morgan fingerprint density at radius 2 is 2.30 bits per heavy atom. The maximum atomic E-state index is 11.9. The summed E-state index contributed by atoms with van der Waals surface area (Å²) in [5, 5.41) is 3.47. The van der Waals surface area contributed by atoms with E-state index in [0.717, 1.165) is 28.8 Å². The molecule has 1 aromatic heterocycles. The average Bonchev–Trinajstić information content (AvgIpc) is 2.80. The molecule has 0 unspecified atom stereocenters. The molecule has 0 spiro atoms. The summed E-state index contributed by atoms with van der Waals surface area (Å²) in [6.07, 6.45) is 1.77. The molecular formula is C14H17BrN2O2S. The summed E-state index contributed by atoms with van der Waals surface area (Å²) in [5.74, 6) is 0.779. The fourth-order valence-corrected chi connectivity index (χ4v) is 3.25. The molecule has 0 aliphatic rings. The first-order valence-corrected chi connectivity index (χ1v) is 8.35. The normalized spacial score (nSPS) is 12.3. The number of anilines is 1. The van der Waals surface area contributed by atoms with Crippen LogP contribution in [0.3, 0.4) is 0 Å². The minimum Gasteiger partial charge on any atom is -0.494 e. The third-order valence-corrected chi connectivity index (χ3v) is 4.53. The first kappa shape index (κ1) is 15.3. The minimum absolute atomic E-state index is 0.0454. The van der Waals surface area contributed by atoms with Crippen molar-refractivity contribution >= 4 is 48.5 Å². The number of alkyl halides is 1. The molecule has 20 heavy (non-hydrogen) atoms. The van der Waals surface area contributed by atoms with Crippen molar-refractivity contribution in [1.29, 1.82) is 0 Å². The van der Waals surface area contributed by atoms with Gasteiger partial charge in [-0.05, 0) is 31.5 Å². The van der Waals surface area contributed by atoms with Crippen LogP contribution in [0.25, 0.3) is 10.2 Å². The Balaban J connectivity index is 2.13. The molecule has 4 nitrogen and oxygen atoms in total. The Morgan fingerprint density at radius 3 is 3.00 bits per heavy atom. The van der Waals surface area contributed by atoms with Gasteiger partial charge in [-0.2, -0.15) is 0 Å². The molecular weight excluding hydrogens is 340 g/mol. The van der Waals surface area contributed by atoms with E-state index in [4.69, 9.17) is 4.74 Å². The number of thiazole rings is 1. The van der Waals surface area contributed by atoms with Gasteiger partial charge in [0.05, 0.1) is 21.7 Å². The van der Waals surface area contributed by atoms with E-state index in [2.05, 4.69) is 33.2 Å². The third kappa shape index (κ3) is 3.70. The van der Waals surface area contributed by atoms with Gasteiger partial charge in [0.1, 0.15) is 5.75 Å². The summed E-state index contributed by atoms with van der Waals surface area (Å²) in [7, 11) is 0. The number of carbonyl (C=O) groups excluding carboxylic acids is 1. The lowest BCUT2D eigenvalue weighted by Crippen LogP contribution is -2.22. The number of ether oxygens (including phenoxy) is 1. The third-order valence-electron chi connectivity index (χ3n) is 2.73. The van der Waals surface area contributed by atoms with Crippen LogP contribution in [0.4, 0.5) is 5.13 Å². The summed E-state index contributed by atoms with van der Waals surface area (Å²) >= 11 is 4.84. The SMILES string of the molecule is CCC[C@@H](Br)C(=O)Nc1nc2ccc(OCC)cc2s1. The molecule has 1 atom stereocenters. The molecule has 0 saturated heterocycles. The van der Waals surface area contributed by atoms with Crippen molar-refractivity contribution in [1.82, 2.24) is 4.98 Å². The molecule has 0 radical (unpaired) electrons. The lowest BCUT2D eigenvalue weighted by atomic mass is 10.2. The van der Waals surface area contributed by atoms with E-state index in [1.807, 2.05) is 25.1 Å². The number of nitrogens with zero attached hydrogens (tertiary/aromatic N) is 1. The Kier molecular flexibility index (Phi) is 5.37. The van der Waals surface area contributed by atoms with Crippen LogP contribution in [-0.4, -0.2) is 22.3 Å². The summed E-state index contributed by atoms with van der Waals surface area (Å²) in [6.45, 7) is 4.64. The topological polar surface area (TPSA) is 51.2 Å². The highest BCUT2D eigenvalue weighted by molar-refractivity contribution is 9.10. The molecule has 0 aliphatic carbocycles. The van der Waals surface area contributed by atoms with Crippen molar-refractivity contribution < 1.29 is 9.53 Å². The van der Waals surface area contributed by atoms with Gasteiger partial charge in [-0.15, -0.1) is 0 Å². The molecule has 1 aromatic carbocycles. The number of benzene rings is 1. The fourth-order valence-electron chi connectivity index (χ4n) is 1.78. The van der Waals surface area contributed by atoms with Gasteiger partial charge in [-0.3, -0.25) is 4.79 Å². The van der Waals surface area contributed by atoms with Crippen molar-refractivity contribution in [2.75, 3.05) is 11.9 Å². The zero-order valence-corrected chi connectivity index (χ0v) is 13.9. The lowest BCUT2D eigenvalue weighted by molar-refractivity contribution is -0.115. The van der Waals surface area contributed by atoms with Gasteiger partial charge in [0.2, 0.25) is 5.91 Å². The summed E-state index contributed by atoms with van der Waals surface area (Å²) in [4.78, 5) is 16.2. The maximum Gasteiger partial charge on any atom is 0.239 e. The zero-order chi connectivity index (χ0) is 14.5. The summed E-state index contributed by atoms with van der Waals surface area (Å²) in [6, 6.07) is 5.75. The number of carbonyl (C=O) groups is 1. The van der Waals surface area contributed by atoms with E-state index >= 15 is 0 Å². The van der Waals surface area contributed by atoms with Crippen molar-refractivity contribution in [3.8, 4) is 5.75 Å². The Labute approximate surface area is 130 Å². The first-order chi connectivity index (χ1) is 9.63. The smallest absolute Gasteiger partial charge is 0.239 e. The van der Waals surface area contributed by atoms with Crippen LogP contribution in [0.2, 0.25) is 0 Å². The van der Waals surface area contributed by atoms with E-state index in [9.17, 15) is 4.79 Å². The fraction of sp³-hybridized carbons (Fsp3) is 0.429. The number of aromatic nitrogens is 1. The number of amides is 1. The van der Waals surface area contributed by atoms with Crippen LogP contribution in [0, 0.1) is 0 Å². The van der Waals surface area contributed by atoms with Gasteiger partial charge in [0.15, 0.2) is 5.13 Å². The van der Waals surface area contributed by atoms with Crippen LogP contribution < -0.4 is 10.1 Å². The standard InChI is InChI=1S/C14H17BrN2O2S/c1-3-5-10(15)13(18)17-14-16-11-7-6-9(19-4-2)8-12(11)20-14/h6-8,10H,3-5H2,1-2H3,(H,16,17,18)/t10-/m1/s1. The Morgan fingerprint density at radius 1 is 1.50 bits per heavy atom. The molecule has 1 N–H and O–H groups in total. The predicted octanol–water partition coefficient (Wildman–Crippen LogP) is 4.20. The van der Waals surface area contributed by atoms with E-state index in [1.54, 1.807) is 0 Å². The van der Waals surface area contributed by atoms with E-state index in [-0.39, 0.29) is 10.7 Å². The maximum absolute atomic E-state index is 11.9. The number of nitrogens with one attached hydrogen (secondary N) is 1. The van der Waals surface area contributed by atoms with Gasteiger partial charge < -0.3 is 10.1 Å². The van der Waals surface area contributed by atoms with Gasteiger partial charge in [-0.1, -0.05) is 40.6 Å². The lowest BCUT2D eigenvalue weighted by Gasteiger charge is -2.06. The predicted molar refractivity (Wildman–Crippen MR) is 87.0 cm³/mol. The molecule has 1 heterocycles. The van der Waals surface area contributed by atoms with Gasteiger partial charge in [0.25, 0.3) is 0 Å². The van der Waals surface area contributed by atoms with Crippen molar-refractivity contribution in [2.24, 2.45) is 0 Å². The molecule has 0 bridgehead atoms. The van der Waals surface area contributed by atoms with Gasteiger partial charge >= 0.3 is 0 Å². The van der Waals surface area contributed by atoms with Crippen LogP contribution >= 0.6 is 27.3 Å². The highest BCUT2D eigenvalue weighted by atomic mass is 79.9. The molecule has 6 heteroatoms. The second-order valence-corrected chi connectivity index (χ2v) is 6.46. The zero-order valence-electron chi connectivity index (χ0n) is 11.5. The van der Waals surface area contributed by atoms with Gasteiger partial charge in [0, 0.05) is 0 Å². The molecule has 0 saturated carbocycles. The van der Waals surface area contributed by atoms with Crippen LogP contribution in [-0.2, 0) is 4.79 Å². The summed E-state index contributed by atoms with van der Waals surface area (Å²) < 4.78 is 6.47. The van der Waals surface area contributed by atoms with Crippen molar-refractivity contribution in [3.63, 3.8) is 0 Å². The van der Waals surface area contributed by atoms with E-state index < -0.39 is 0 Å². The molecule has 2 rings (SSSR count). The quantitative estimate of drug-likeness (QED) is 0.789. The van der Waals surface area contributed by atoms with E-state index in [1.165, 1.54) is 11.3 Å². The Hall–Kier alpha value is -1.14. The highest BCUT2D eigenvalue weighted by Crippen LogP contribution is 2.29. The first-order valence-electron chi connectivity index (χ1n) is 6.62. The number of hydrogen-bond acceptors (Lipinski definition) is 4. The highest BCUT2D eigenvalue weighted by Gasteiger charge is 2.15. The number of halogens is 1. The monoisotopic (exact) mass is 356 g/mol. The van der Waals surface area contributed by atoms with Gasteiger partial charge in [-0.25, -0.2) is 4.98 Å². The van der Waals surface area contributed by atoms with Crippen LogP contribution in [0.1, 0.15) is 26.7 Å². The molecule has 0 fully saturated rings.